The summed E-state index contributed by atoms with van der Waals surface area (Å²) in [5, 5.41) is 11.7. The zero-order chi connectivity index (χ0) is 47.0. The van der Waals surface area contributed by atoms with Crippen molar-refractivity contribution in [2.24, 2.45) is 0 Å². The minimum Gasteiger partial charge on any atom is -0.544 e. The lowest BCUT2D eigenvalue weighted by Gasteiger charge is -2.34. The van der Waals surface area contributed by atoms with Crippen molar-refractivity contribution in [1.29, 1.82) is 0 Å². The fraction of sp³-hybridized carbons (Fsp3) is 0.804. The molecule has 64 heavy (non-hydrogen) atoms. The highest BCUT2D eigenvalue weighted by Crippen LogP contribution is 2.16. The number of nitrogens with zero attached hydrogens (tertiary/aromatic N) is 1. The van der Waals surface area contributed by atoms with Gasteiger partial charge in [0.25, 0.3) is 0 Å². The van der Waals surface area contributed by atoms with Crippen molar-refractivity contribution in [2.45, 2.75) is 251 Å². The molecule has 0 aromatic rings. The van der Waals surface area contributed by atoms with Crippen LogP contribution in [0.2, 0.25) is 0 Å². The topological polar surface area (TPSA) is 102 Å². The number of quaternary nitrogens is 1. The van der Waals surface area contributed by atoms with E-state index in [1.165, 1.54) is 141 Å². The third-order valence-corrected chi connectivity index (χ3v) is 12.0. The van der Waals surface area contributed by atoms with E-state index in [9.17, 15) is 19.5 Å². The molecule has 0 aliphatic heterocycles. The summed E-state index contributed by atoms with van der Waals surface area (Å²) in [7, 11) is 5.42. The molecule has 8 heteroatoms. The highest BCUT2D eigenvalue weighted by molar-refractivity contribution is 5.70. The molecule has 0 aliphatic carbocycles. The maximum Gasteiger partial charge on any atom is 0.306 e. The SMILES string of the molecule is CC/C=C/C/C=C/C/C=C/C/C=C/CCCCCCCCCCCCC(=O)OC(COCCC(C(=O)[O-])[N+](C)(C)C)COC(=O)CCCCCCCCCCCCCCCCCCC. The minimum atomic E-state index is -1.12. The number of carbonyl (C=O) groups excluding carboxylic acids is 3. The molecule has 0 spiro atoms. The Hall–Kier alpha value is -2.71. The van der Waals surface area contributed by atoms with Gasteiger partial charge >= 0.3 is 11.9 Å². The number of hydrogen-bond donors (Lipinski definition) is 0. The number of likely N-dealkylation sites (N-methyl/N-ethyl adjacent to an activating group) is 1. The van der Waals surface area contributed by atoms with Gasteiger partial charge in [-0.15, -0.1) is 0 Å². The molecule has 2 unspecified atom stereocenters. The van der Waals surface area contributed by atoms with E-state index in [1.807, 2.05) is 21.1 Å². The quantitative estimate of drug-likeness (QED) is 0.0259. The van der Waals surface area contributed by atoms with Gasteiger partial charge < -0.3 is 28.6 Å². The van der Waals surface area contributed by atoms with Crippen LogP contribution in [-0.4, -0.2) is 75.5 Å². The van der Waals surface area contributed by atoms with E-state index >= 15 is 0 Å². The minimum absolute atomic E-state index is 0.0412. The number of hydrogen-bond acceptors (Lipinski definition) is 7. The summed E-state index contributed by atoms with van der Waals surface area (Å²) in [6.45, 7) is 4.58. The van der Waals surface area contributed by atoms with Crippen LogP contribution in [0.15, 0.2) is 48.6 Å². The Balaban J connectivity index is 4.20. The van der Waals surface area contributed by atoms with Crippen molar-refractivity contribution in [2.75, 3.05) is 41.0 Å². The van der Waals surface area contributed by atoms with E-state index < -0.39 is 18.1 Å². The van der Waals surface area contributed by atoms with Gasteiger partial charge in [-0.2, -0.15) is 0 Å². The predicted molar refractivity (Wildman–Crippen MR) is 268 cm³/mol. The zero-order valence-corrected chi connectivity index (χ0v) is 42.4. The molecule has 0 aromatic carbocycles. The normalized spacial score (nSPS) is 13.2. The smallest absolute Gasteiger partial charge is 0.306 e. The van der Waals surface area contributed by atoms with Crippen LogP contribution < -0.4 is 5.11 Å². The number of aliphatic carboxylic acids is 1. The molecule has 0 saturated carbocycles. The molecular formula is C56H101NO7. The number of unbranched alkanes of at least 4 members (excludes halogenated alkanes) is 26. The molecule has 0 saturated heterocycles. The second-order valence-corrected chi connectivity index (χ2v) is 19.1. The van der Waals surface area contributed by atoms with Gasteiger partial charge in [-0.1, -0.05) is 217 Å². The Bertz CT molecular complexity index is 1190. The number of rotatable bonds is 48. The Kier molecular flexibility index (Phi) is 44.8. The average Bonchev–Trinajstić information content (AvgIpc) is 3.26. The first-order chi connectivity index (χ1) is 31.1. The van der Waals surface area contributed by atoms with E-state index in [0.29, 0.717) is 12.8 Å². The molecule has 0 aliphatic rings. The van der Waals surface area contributed by atoms with Crippen molar-refractivity contribution in [3.63, 3.8) is 0 Å². The number of esters is 2. The highest BCUT2D eigenvalue weighted by Gasteiger charge is 2.25. The van der Waals surface area contributed by atoms with E-state index in [1.54, 1.807) is 0 Å². The first-order valence-corrected chi connectivity index (χ1v) is 26.7. The fourth-order valence-corrected chi connectivity index (χ4v) is 7.89. The molecule has 2 atom stereocenters. The molecule has 0 heterocycles. The first kappa shape index (κ1) is 61.3. The summed E-state index contributed by atoms with van der Waals surface area (Å²) in [4.78, 5) is 37.1. The van der Waals surface area contributed by atoms with Gasteiger partial charge in [-0.3, -0.25) is 9.59 Å². The molecule has 8 nitrogen and oxygen atoms in total. The van der Waals surface area contributed by atoms with Gasteiger partial charge in [0.2, 0.25) is 0 Å². The Morgan fingerprint density at radius 1 is 0.484 bits per heavy atom. The highest BCUT2D eigenvalue weighted by atomic mass is 16.6. The number of ether oxygens (including phenoxy) is 3. The standard InChI is InChI=1S/C56H101NO7/c1-6-8-10-12-14-16-18-20-22-24-25-26-27-28-29-31-33-35-37-39-41-43-45-47-55(59)64-52(50-62-49-48-53(56(60)61)57(3,4)5)51-63-54(58)46-44-42-40-38-36-34-32-30-23-21-19-17-15-13-11-9-7-2/h8,10,14,16,20,22,25-26,52-53H,6-7,9,11-13,15,17-19,21,23-24,27-51H2,1-5H3/b10-8+,16-14+,22-20+,26-25+. The largest absolute Gasteiger partial charge is 0.544 e. The second-order valence-electron chi connectivity index (χ2n) is 19.1. The molecule has 0 rings (SSSR count). The molecule has 0 aromatic heterocycles. The molecule has 0 radical (unpaired) electrons. The van der Waals surface area contributed by atoms with Crippen molar-refractivity contribution in [1.82, 2.24) is 0 Å². The molecular weight excluding hydrogens is 799 g/mol. The van der Waals surface area contributed by atoms with Gasteiger partial charge in [-0.05, 0) is 51.4 Å². The van der Waals surface area contributed by atoms with Crippen LogP contribution in [0.25, 0.3) is 0 Å². The summed E-state index contributed by atoms with van der Waals surface area (Å²) >= 11 is 0. The monoisotopic (exact) mass is 900 g/mol. The van der Waals surface area contributed by atoms with E-state index in [-0.39, 0.29) is 42.7 Å². The zero-order valence-electron chi connectivity index (χ0n) is 42.4. The molecule has 0 N–H and O–H groups in total. The Morgan fingerprint density at radius 3 is 1.30 bits per heavy atom. The van der Waals surface area contributed by atoms with Gasteiger partial charge in [0.05, 0.1) is 40.3 Å². The number of carbonyl (C=O) groups is 3. The lowest BCUT2D eigenvalue weighted by molar-refractivity contribution is -0.889. The molecule has 372 valence electrons. The number of carboxylic acid groups (broad SMARTS) is 1. The summed E-state index contributed by atoms with van der Waals surface area (Å²) in [5.41, 5.74) is 0. The van der Waals surface area contributed by atoms with Crippen molar-refractivity contribution >= 4 is 17.9 Å². The van der Waals surface area contributed by atoms with Gasteiger partial charge in [-0.25, -0.2) is 0 Å². The lowest BCUT2D eigenvalue weighted by Crippen LogP contribution is -2.55. The molecule has 0 amide bonds. The third-order valence-electron chi connectivity index (χ3n) is 12.0. The van der Waals surface area contributed by atoms with Crippen molar-refractivity contribution in [3.8, 4) is 0 Å². The Morgan fingerprint density at radius 2 is 0.875 bits per heavy atom. The van der Waals surface area contributed by atoms with E-state index in [0.717, 1.165) is 64.2 Å². The first-order valence-electron chi connectivity index (χ1n) is 26.7. The van der Waals surface area contributed by atoms with Crippen LogP contribution >= 0.6 is 0 Å². The van der Waals surface area contributed by atoms with Crippen LogP contribution in [0.1, 0.15) is 239 Å². The molecule has 0 fully saturated rings. The van der Waals surface area contributed by atoms with Crippen LogP contribution in [0.3, 0.4) is 0 Å². The van der Waals surface area contributed by atoms with E-state index in [2.05, 4.69) is 62.5 Å². The van der Waals surface area contributed by atoms with Crippen LogP contribution in [0.4, 0.5) is 0 Å². The lowest BCUT2D eigenvalue weighted by atomic mass is 10.0. The van der Waals surface area contributed by atoms with Gasteiger partial charge in [0.15, 0.2) is 6.10 Å². The fourth-order valence-electron chi connectivity index (χ4n) is 7.89. The number of allylic oxidation sites excluding steroid dienone is 8. The average molecular weight is 900 g/mol. The Labute approximate surface area is 395 Å². The van der Waals surface area contributed by atoms with Crippen molar-refractivity contribution in [3.05, 3.63) is 48.6 Å². The summed E-state index contributed by atoms with van der Waals surface area (Å²) < 4.78 is 17.3. The van der Waals surface area contributed by atoms with Gasteiger partial charge in [0.1, 0.15) is 12.6 Å². The predicted octanol–water partition coefficient (Wildman–Crippen LogP) is 14.2. The second kappa shape index (κ2) is 46.8. The summed E-state index contributed by atoms with van der Waals surface area (Å²) in [5.74, 6) is -1.73. The van der Waals surface area contributed by atoms with Crippen LogP contribution in [0.5, 0.6) is 0 Å². The number of carboxylic acids is 1. The van der Waals surface area contributed by atoms with Gasteiger partial charge in [0, 0.05) is 19.3 Å². The maximum atomic E-state index is 12.8. The van der Waals surface area contributed by atoms with Crippen molar-refractivity contribution < 1.29 is 38.2 Å². The summed E-state index contributed by atoms with van der Waals surface area (Å²) in [6, 6.07) is -0.726. The third kappa shape index (κ3) is 44.5. The maximum absolute atomic E-state index is 12.8. The molecule has 0 bridgehead atoms. The van der Waals surface area contributed by atoms with Crippen LogP contribution in [0, 0.1) is 0 Å². The summed E-state index contributed by atoms with van der Waals surface area (Å²) in [6.07, 6.45) is 57.1. The van der Waals surface area contributed by atoms with Crippen LogP contribution in [-0.2, 0) is 28.6 Å². The van der Waals surface area contributed by atoms with E-state index in [4.69, 9.17) is 14.2 Å².